The van der Waals surface area contributed by atoms with Crippen molar-refractivity contribution in [2.24, 2.45) is 5.92 Å². The average Bonchev–Trinajstić information content (AvgIpc) is 3.02. The molecular weight excluding hydrogens is 664 g/mol. The van der Waals surface area contributed by atoms with Gasteiger partial charge in [-0.15, -0.1) is 0 Å². The van der Waals surface area contributed by atoms with E-state index in [-0.39, 0.29) is 5.91 Å². The molecule has 44 heavy (non-hydrogen) atoms. The molecule has 1 aromatic heterocycles. The maximum atomic E-state index is 12.3. The average molecular weight is 722 g/mol. The molecule has 2 aromatic rings. The Morgan fingerprint density at radius 3 is 2.23 bits per heavy atom. The Balaban J connectivity index is 0. The molecule has 9 nitrogen and oxygen atoms in total. The largest absolute Gasteiger partial charge is 0.495 e. The number of hydrogen-bond acceptors (Lipinski definition) is 7. The van der Waals surface area contributed by atoms with E-state index in [1.807, 2.05) is 53.6 Å². The molecule has 3 N–H and O–H groups in total. The second-order valence-corrected chi connectivity index (χ2v) is 12.4. The number of anilines is 2. The molecule has 0 bridgehead atoms. The summed E-state index contributed by atoms with van der Waals surface area (Å²) in [5, 5.41) is 6.21. The number of methoxy groups -OCH3 is 1. The van der Waals surface area contributed by atoms with Gasteiger partial charge in [0.25, 0.3) is 5.91 Å². The van der Waals surface area contributed by atoms with Crippen LogP contribution in [0.5, 0.6) is 5.75 Å². The van der Waals surface area contributed by atoms with E-state index in [2.05, 4.69) is 48.2 Å². The van der Waals surface area contributed by atoms with E-state index in [0.717, 1.165) is 22.6 Å². The number of amides is 1. The molecule has 3 rings (SSSR count). The maximum absolute atomic E-state index is 12.3. The number of hydrogen-bond donors (Lipinski definition) is 3. The van der Waals surface area contributed by atoms with E-state index in [4.69, 9.17) is 16.3 Å². The molecule has 1 atom stereocenters. The Morgan fingerprint density at radius 1 is 1.16 bits per heavy atom. The van der Waals surface area contributed by atoms with E-state index in [9.17, 15) is 9.00 Å². The van der Waals surface area contributed by atoms with Gasteiger partial charge in [-0.3, -0.25) is 4.79 Å². The van der Waals surface area contributed by atoms with Gasteiger partial charge in [0.2, 0.25) is 5.95 Å². The Hall–Kier alpha value is -1.79. The molecule has 1 fully saturated rings. The van der Waals surface area contributed by atoms with Crippen LogP contribution in [0, 0.1) is 12.8 Å². The fourth-order valence-electron chi connectivity index (χ4n) is 4.00. The first-order chi connectivity index (χ1) is 21.0. The first-order valence-corrected chi connectivity index (χ1v) is 18.3. The molecule has 1 saturated carbocycles. The second kappa shape index (κ2) is 27.5. The van der Waals surface area contributed by atoms with Crippen LogP contribution in [0.15, 0.2) is 22.8 Å². The number of halogens is 2. The lowest BCUT2D eigenvalue weighted by molar-refractivity contribution is 0.0951. The predicted octanol–water partition coefficient (Wildman–Crippen LogP) is 8.16. The number of benzene rings is 1. The van der Waals surface area contributed by atoms with Gasteiger partial charge in [0.15, 0.2) is 0 Å². The third kappa shape index (κ3) is 19.6. The number of rotatable bonds is 10. The second-order valence-electron chi connectivity index (χ2n) is 9.79. The van der Waals surface area contributed by atoms with Crippen molar-refractivity contribution in [3.8, 4) is 5.75 Å². The first kappa shape index (κ1) is 44.3. The van der Waals surface area contributed by atoms with Gasteiger partial charge in [0.05, 0.1) is 44.5 Å². The lowest BCUT2D eigenvalue weighted by Gasteiger charge is -2.20. The predicted molar refractivity (Wildman–Crippen MR) is 194 cm³/mol. The third-order valence-corrected chi connectivity index (χ3v) is 7.92. The number of nitrogens with zero attached hydrogens (tertiary/aromatic N) is 3. The molecule has 1 unspecified atom stereocenters. The van der Waals surface area contributed by atoms with Crippen LogP contribution in [0.3, 0.4) is 0 Å². The quantitative estimate of drug-likeness (QED) is 0.227. The summed E-state index contributed by atoms with van der Waals surface area (Å²) >= 11 is 9.67. The zero-order valence-corrected chi connectivity index (χ0v) is 32.1. The van der Waals surface area contributed by atoms with Crippen LogP contribution in [0.25, 0.3) is 0 Å². The zero-order valence-electron chi connectivity index (χ0n) is 28.9. The van der Waals surface area contributed by atoms with Crippen molar-refractivity contribution in [1.29, 1.82) is 0 Å². The van der Waals surface area contributed by atoms with Gasteiger partial charge in [-0.25, -0.2) is 18.9 Å². The molecule has 1 aliphatic rings. The fourth-order valence-corrected chi connectivity index (χ4v) is 4.44. The smallest absolute Gasteiger partial charge is 0.252 e. The Morgan fingerprint density at radius 2 is 1.75 bits per heavy atom. The third-order valence-electron chi connectivity index (χ3n) is 6.25. The van der Waals surface area contributed by atoms with Crippen LogP contribution in [0.1, 0.15) is 95.6 Å². The first-order valence-electron chi connectivity index (χ1n) is 15.6. The maximum Gasteiger partial charge on any atom is 0.252 e. The van der Waals surface area contributed by atoms with Crippen LogP contribution in [0.2, 0.25) is 5.02 Å². The minimum Gasteiger partial charge on any atom is -0.495 e. The standard InChI is InChI=1S/C17H21BrClN5O2.C9H18.C2H7NOS.2C2H6/c1-10-12(18)9-21-17(22-10)23-14-8-13(19)11(7-15(14)26-4)16(25)20-5-6-24(2)3;1-2-6-9-7-4-3-5-8-9;1-3-5(2)4;2*1-2/h7-9H,5-6H2,1-4H3,(H,20,25)(H,21,22,23);9H,2-8H2,1H3;3H,1-2H3;2*1-2H3. The van der Waals surface area contributed by atoms with Crippen molar-refractivity contribution in [1.82, 2.24) is 24.9 Å². The van der Waals surface area contributed by atoms with E-state index >= 15 is 0 Å². The molecular formula is C32H58BrClN6O3S. The number of carbonyl (C=O) groups is 1. The summed E-state index contributed by atoms with van der Waals surface area (Å²) < 4.78 is 18.5. The van der Waals surface area contributed by atoms with E-state index in [0.29, 0.717) is 34.5 Å². The lowest BCUT2D eigenvalue weighted by Crippen LogP contribution is -2.31. The van der Waals surface area contributed by atoms with Crippen LogP contribution in [-0.4, -0.2) is 72.6 Å². The Kier molecular flexibility index (Phi) is 27.7. The summed E-state index contributed by atoms with van der Waals surface area (Å²) in [6.45, 7) is 13.4. The Labute approximate surface area is 283 Å². The van der Waals surface area contributed by atoms with Gasteiger partial charge >= 0.3 is 0 Å². The number of aryl methyl sites for hydroxylation is 1. The molecule has 254 valence electrons. The van der Waals surface area contributed by atoms with Gasteiger partial charge in [-0.05, 0) is 62.0 Å². The molecule has 12 heteroatoms. The zero-order chi connectivity index (χ0) is 34.1. The van der Waals surface area contributed by atoms with Gasteiger partial charge in [0, 0.05) is 25.5 Å². The number of nitrogens with one attached hydrogen (secondary N) is 3. The van der Waals surface area contributed by atoms with Crippen molar-refractivity contribution >= 4 is 56.1 Å². The summed E-state index contributed by atoms with van der Waals surface area (Å²) in [7, 11) is 6.23. The number of aromatic nitrogens is 2. The van der Waals surface area contributed by atoms with Crippen LogP contribution < -0.4 is 20.1 Å². The number of carbonyl (C=O) groups excluding carboxylic acids is 1. The van der Waals surface area contributed by atoms with Crippen molar-refractivity contribution in [3.63, 3.8) is 0 Å². The minimum atomic E-state index is -0.823. The monoisotopic (exact) mass is 720 g/mol. The van der Waals surface area contributed by atoms with Gasteiger partial charge < -0.3 is 20.3 Å². The molecule has 1 aromatic carbocycles. The molecule has 1 heterocycles. The van der Waals surface area contributed by atoms with E-state index < -0.39 is 11.0 Å². The molecule has 0 saturated heterocycles. The summed E-state index contributed by atoms with van der Waals surface area (Å²) in [5.74, 6) is 1.72. The number of ether oxygens (including phenoxy) is 1. The summed E-state index contributed by atoms with van der Waals surface area (Å²) in [4.78, 5) is 22.9. The molecule has 0 radical (unpaired) electrons. The Bertz CT molecular complexity index is 1070. The topological polar surface area (TPSA) is 108 Å². The summed E-state index contributed by atoms with van der Waals surface area (Å²) in [6, 6.07) is 3.23. The highest BCUT2D eigenvalue weighted by Crippen LogP contribution is 2.33. The van der Waals surface area contributed by atoms with Gasteiger partial charge in [-0.1, -0.05) is 91.2 Å². The lowest BCUT2D eigenvalue weighted by atomic mass is 9.86. The van der Waals surface area contributed by atoms with Crippen molar-refractivity contribution < 1.29 is 13.7 Å². The van der Waals surface area contributed by atoms with Crippen molar-refractivity contribution in [2.75, 3.05) is 52.9 Å². The highest BCUT2D eigenvalue weighted by atomic mass is 79.9. The van der Waals surface area contributed by atoms with Gasteiger partial charge in [-0.2, -0.15) is 0 Å². The highest BCUT2D eigenvalue weighted by molar-refractivity contribution is 9.10. The van der Waals surface area contributed by atoms with Crippen LogP contribution in [-0.2, 0) is 11.0 Å². The van der Waals surface area contributed by atoms with Crippen LogP contribution >= 0.6 is 27.5 Å². The number of likely N-dealkylation sites (N-methyl/N-ethyl adjacent to an activating group) is 1. The minimum absolute atomic E-state index is 0.252. The molecule has 0 aliphatic heterocycles. The van der Waals surface area contributed by atoms with E-state index in [1.54, 1.807) is 31.6 Å². The highest BCUT2D eigenvalue weighted by Gasteiger charge is 2.16. The van der Waals surface area contributed by atoms with Crippen LogP contribution in [0.4, 0.5) is 11.6 Å². The van der Waals surface area contributed by atoms with Gasteiger partial charge in [0.1, 0.15) is 5.75 Å². The molecule has 1 amide bonds. The molecule has 1 aliphatic carbocycles. The van der Waals surface area contributed by atoms with Crippen molar-refractivity contribution in [3.05, 3.63) is 39.1 Å². The summed E-state index contributed by atoms with van der Waals surface area (Å²) in [5.41, 5.74) is 1.72. The van der Waals surface area contributed by atoms with E-state index in [1.165, 1.54) is 52.1 Å². The summed E-state index contributed by atoms with van der Waals surface area (Å²) in [6.07, 6.45) is 13.7. The van der Waals surface area contributed by atoms with Crippen molar-refractivity contribution in [2.45, 2.75) is 86.5 Å². The SMILES string of the molecule is CC.CC.CCCC1CCCCC1.CNS(C)=O.COc1cc(C(=O)NCCN(C)C)c(Cl)cc1Nc1ncc(Br)c(C)n1. The normalized spacial score (nSPS) is 12.9. The fraction of sp³-hybridized carbons (Fsp3) is 0.656. The molecule has 0 spiro atoms.